The largest absolute Gasteiger partial charge is 0.478 e. The maximum absolute atomic E-state index is 12.0. The van der Waals surface area contributed by atoms with Crippen LogP contribution in [0.15, 0.2) is 18.5 Å². The number of nitrogens with zero attached hydrogens (tertiary/aromatic N) is 1. The van der Waals surface area contributed by atoms with Gasteiger partial charge in [-0.2, -0.15) is 0 Å². The van der Waals surface area contributed by atoms with Gasteiger partial charge in [-0.05, 0) is 41.9 Å². The van der Waals surface area contributed by atoms with Gasteiger partial charge < -0.3 is 5.11 Å². The first-order valence-corrected chi connectivity index (χ1v) is 8.49. The zero-order valence-electron chi connectivity index (χ0n) is 13.3. The SMILES string of the molecule is CC1(C)CCc2sc(-c3cnccc3CNN)c(C(=O)O)c2C1. The zero-order valence-corrected chi connectivity index (χ0v) is 14.2. The number of thiophene rings is 1. The topological polar surface area (TPSA) is 88.2 Å². The van der Waals surface area contributed by atoms with Crippen molar-refractivity contribution in [2.24, 2.45) is 11.3 Å². The van der Waals surface area contributed by atoms with Crippen LogP contribution in [-0.4, -0.2) is 16.1 Å². The first-order chi connectivity index (χ1) is 10.9. The lowest BCUT2D eigenvalue weighted by Crippen LogP contribution is -2.22. The van der Waals surface area contributed by atoms with Gasteiger partial charge in [0.2, 0.25) is 0 Å². The van der Waals surface area contributed by atoms with E-state index in [1.807, 2.05) is 6.07 Å². The van der Waals surface area contributed by atoms with E-state index in [9.17, 15) is 9.90 Å². The van der Waals surface area contributed by atoms with Crippen LogP contribution in [0, 0.1) is 5.41 Å². The van der Waals surface area contributed by atoms with Gasteiger partial charge in [0, 0.05) is 29.4 Å². The molecule has 0 aliphatic heterocycles. The molecular formula is C17H21N3O2S. The highest BCUT2D eigenvalue weighted by molar-refractivity contribution is 7.16. The maximum atomic E-state index is 12.0. The highest BCUT2D eigenvalue weighted by Gasteiger charge is 2.33. The van der Waals surface area contributed by atoms with Crippen LogP contribution >= 0.6 is 11.3 Å². The molecule has 0 radical (unpaired) electrons. The lowest BCUT2D eigenvalue weighted by molar-refractivity contribution is 0.0696. The number of nitrogens with two attached hydrogens (primary N) is 1. The van der Waals surface area contributed by atoms with Gasteiger partial charge in [0.1, 0.15) is 0 Å². The molecule has 6 heteroatoms. The van der Waals surface area contributed by atoms with Crippen LogP contribution in [0.4, 0.5) is 0 Å². The number of carbonyl (C=O) groups is 1. The molecule has 23 heavy (non-hydrogen) atoms. The van der Waals surface area contributed by atoms with Crippen LogP contribution < -0.4 is 11.3 Å². The van der Waals surface area contributed by atoms with Gasteiger partial charge in [-0.3, -0.25) is 16.3 Å². The Balaban J connectivity index is 2.18. The number of pyridine rings is 1. The maximum Gasteiger partial charge on any atom is 0.337 e. The number of carboxylic acid groups (broad SMARTS) is 1. The van der Waals surface area contributed by atoms with Crippen LogP contribution in [0.5, 0.6) is 0 Å². The van der Waals surface area contributed by atoms with Crippen LogP contribution in [-0.2, 0) is 19.4 Å². The van der Waals surface area contributed by atoms with E-state index in [2.05, 4.69) is 24.3 Å². The first kappa shape index (κ1) is 16.1. The summed E-state index contributed by atoms with van der Waals surface area (Å²) in [5.41, 5.74) is 6.07. The molecular weight excluding hydrogens is 310 g/mol. The Bertz CT molecular complexity index is 752. The smallest absolute Gasteiger partial charge is 0.337 e. The van der Waals surface area contributed by atoms with Crippen LogP contribution in [0.25, 0.3) is 10.4 Å². The van der Waals surface area contributed by atoms with Crippen LogP contribution in [0.1, 0.15) is 46.6 Å². The summed E-state index contributed by atoms with van der Waals surface area (Å²) in [6.45, 7) is 4.88. The van der Waals surface area contributed by atoms with Crippen molar-refractivity contribution >= 4 is 17.3 Å². The highest BCUT2D eigenvalue weighted by atomic mass is 32.1. The predicted octanol–water partition coefficient (Wildman–Crippen LogP) is 2.99. The molecule has 0 amide bonds. The molecule has 0 spiro atoms. The molecule has 1 aliphatic carbocycles. The third-order valence-corrected chi connectivity index (χ3v) is 5.76. The number of rotatable bonds is 4. The van der Waals surface area contributed by atoms with Crippen molar-refractivity contribution in [1.82, 2.24) is 10.4 Å². The molecule has 1 aliphatic rings. The van der Waals surface area contributed by atoms with Crippen molar-refractivity contribution in [3.8, 4) is 10.4 Å². The third-order valence-electron chi connectivity index (χ3n) is 4.44. The van der Waals surface area contributed by atoms with E-state index in [-0.39, 0.29) is 5.41 Å². The Kier molecular flexibility index (Phi) is 4.23. The molecule has 2 heterocycles. The Labute approximate surface area is 139 Å². The van der Waals surface area contributed by atoms with Crippen LogP contribution in [0.3, 0.4) is 0 Å². The molecule has 4 N–H and O–H groups in total. The van der Waals surface area contributed by atoms with Gasteiger partial charge in [-0.25, -0.2) is 4.79 Å². The summed E-state index contributed by atoms with van der Waals surface area (Å²) >= 11 is 1.59. The van der Waals surface area contributed by atoms with Crippen molar-refractivity contribution in [2.75, 3.05) is 0 Å². The monoisotopic (exact) mass is 331 g/mol. The number of fused-ring (bicyclic) bond motifs is 1. The number of nitrogens with one attached hydrogen (secondary N) is 1. The number of aryl methyl sites for hydroxylation is 1. The van der Waals surface area contributed by atoms with Gasteiger partial charge in [0.25, 0.3) is 0 Å². The van der Waals surface area contributed by atoms with E-state index >= 15 is 0 Å². The van der Waals surface area contributed by atoms with Crippen molar-refractivity contribution in [1.29, 1.82) is 0 Å². The van der Waals surface area contributed by atoms with Crippen molar-refractivity contribution in [3.63, 3.8) is 0 Å². The Morgan fingerprint density at radius 1 is 1.52 bits per heavy atom. The number of aromatic nitrogens is 1. The number of hydrogen-bond donors (Lipinski definition) is 3. The molecule has 122 valence electrons. The molecule has 5 nitrogen and oxygen atoms in total. The Morgan fingerprint density at radius 3 is 3.00 bits per heavy atom. The number of aromatic carboxylic acids is 1. The van der Waals surface area contributed by atoms with E-state index in [1.54, 1.807) is 23.7 Å². The number of hydrogen-bond acceptors (Lipinski definition) is 5. The fourth-order valence-corrected chi connectivity index (χ4v) is 4.58. The summed E-state index contributed by atoms with van der Waals surface area (Å²) in [5, 5.41) is 9.81. The highest BCUT2D eigenvalue weighted by Crippen LogP contribution is 2.45. The molecule has 3 rings (SSSR count). The fourth-order valence-electron chi connectivity index (χ4n) is 3.23. The zero-order chi connectivity index (χ0) is 16.6. The van der Waals surface area contributed by atoms with Gasteiger partial charge in [0.05, 0.1) is 10.4 Å². The molecule has 0 unspecified atom stereocenters. The second kappa shape index (κ2) is 6.03. The lowest BCUT2D eigenvalue weighted by Gasteiger charge is -2.29. The van der Waals surface area contributed by atoms with E-state index in [0.29, 0.717) is 12.1 Å². The normalized spacial score (nSPS) is 16.1. The Hall–Kier alpha value is -1.76. The summed E-state index contributed by atoms with van der Waals surface area (Å²) in [5.74, 6) is 4.60. The third kappa shape index (κ3) is 3.02. The first-order valence-electron chi connectivity index (χ1n) is 7.67. The second-order valence-corrected chi connectivity index (χ2v) is 7.87. The molecule has 2 aromatic heterocycles. The van der Waals surface area contributed by atoms with Gasteiger partial charge in [-0.1, -0.05) is 13.8 Å². The number of carboxylic acids is 1. The average Bonchev–Trinajstić information content (AvgIpc) is 2.85. The molecule has 0 saturated heterocycles. The van der Waals surface area contributed by atoms with Gasteiger partial charge in [0.15, 0.2) is 0 Å². The molecule has 0 atom stereocenters. The second-order valence-electron chi connectivity index (χ2n) is 6.77. The minimum Gasteiger partial charge on any atom is -0.478 e. The van der Waals surface area contributed by atoms with Crippen molar-refractivity contribution in [2.45, 2.75) is 39.7 Å². The molecule has 0 bridgehead atoms. The molecule has 0 fully saturated rings. The summed E-state index contributed by atoms with van der Waals surface area (Å²) in [6, 6.07) is 1.88. The average molecular weight is 331 g/mol. The van der Waals surface area contributed by atoms with Gasteiger partial charge >= 0.3 is 5.97 Å². The minimum absolute atomic E-state index is 0.145. The van der Waals surface area contributed by atoms with E-state index in [4.69, 9.17) is 5.84 Å². The fraction of sp³-hybridized carbons (Fsp3) is 0.412. The summed E-state index contributed by atoms with van der Waals surface area (Å²) in [7, 11) is 0. The van der Waals surface area contributed by atoms with Crippen LogP contribution in [0.2, 0.25) is 0 Å². The summed E-state index contributed by atoms with van der Waals surface area (Å²) in [6.07, 6.45) is 6.28. The summed E-state index contributed by atoms with van der Waals surface area (Å²) in [4.78, 5) is 18.1. The van der Waals surface area contributed by atoms with E-state index in [1.165, 1.54) is 4.88 Å². The quantitative estimate of drug-likeness (QED) is 0.592. The molecule has 0 saturated carbocycles. The summed E-state index contributed by atoms with van der Waals surface area (Å²) < 4.78 is 0. The predicted molar refractivity (Wildman–Crippen MR) is 91.3 cm³/mol. The van der Waals surface area contributed by atoms with E-state index in [0.717, 1.165) is 40.8 Å². The minimum atomic E-state index is -0.856. The molecule has 0 aromatic carbocycles. The lowest BCUT2D eigenvalue weighted by atomic mass is 9.76. The standard InChI is InChI=1S/C17H21N3O2S/c1-17(2)5-3-13-11(7-17)14(16(21)22)15(23-13)12-9-19-6-4-10(12)8-20-18/h4,6,9,20H,3,5,7-8,18H2,1-2H3,(H,21,22). The van der Waals surface area contributed by atoms with Gasteiger partial charge in [-0.15, -0.1) is 11.3 Å². The Morgan fingerprint density at radius 2 is 2.30 bits per heavy atom. The van der Waals surface area contributed by atoms with Crippen molar-refractivity contribution in [3.05, 3.63) is 40.0 Å². The molecule has 2 aromatic rings. The van der Waals surface area contributed by atoms with E-state index < -0.39 is 5.97 Å². The van der Waals surface area contributed by atoms with Crippen molar-refractivity contribution < 1.29 is 9.90 Å². The number of hydrazine groups is 1.